The second-order valence-electron chi connectivity index (χ2n) is 5.92. The molecule has 1 saturated heterocycles. The molecular weight excluding hydrogens is 256 g/mol. The molecule has 0 unspecified atom stereocenters. The van der Waals surface area contributed by atoms with Crippen LogP contribution in [0, 0.1) is 5.92 Å². The van der Waals surface area contributed by atoms with Gasteiger partial charge < -0.3 is 10.0 Å². The third-order valence-electron chi connectivity index (χ3n) is 4.00. The minimum atomic E-state index is -0.893. The van der Waals surface area contributed by atoms with E-state index in [9.17, 15) is 9.90 Å². The smallest absolute Gasteiger partial charge is 0.339 e. The van der Waals surface area contributed by atoms with Crippen LogP contribution >= 0.6 is 0 Å². The molecule has 0 saturated carbocycles. The molecule has 0 bridgehead atoms. The predicted molar refractivity (Wildman–Crippen MR) is 76.7 cm³/mol. The van der Waals surface area contributed by atoms with Crippen LogP contribution in [0.4, 0.5) is 0 Å². The summed E-state index contributed by atoms with van der Waals surface area (Å²) in [6, 6.07) is 0. The second-order valence-corrected chi connectivity index (χ2v) is 5.92. The lowest BCUT2D eigenvalue weighted by Crippen LogP contribution is -2.37. The van der Waals surface area contributed by atoms with Crippen molar-refractivity contribution in [3.8, 4) is 0 Å². The van der Waals surface area contributed by atoms with E-state index < -0.39 is 5.97 Å². The first-order chi connectivity index (χ1) is 9.47. The second kappa shape index (κ2) is 6.37. The number of aromatic nitrogens is 2. The Kier molecular flexibility index (Phi) is 4.77. The van der Waals surface area contributed by atoms with Crippen LogP contribution in [0.5, 0.6) is 0 Å². The number of aryl methyl sites for hydroxylation is 1. The maximum Gasteiger partial charge on any atom is 0.339 e. The highest BCUT2D eigenvalue weighted by Crippen LogP contribution is 2.20. The Balaban J connectivity index is 1.93. The molecule has 0 radical (unpaired) electrons. The van der Waals surface area contributed by atoms with Crippen LogP contribution in [0.1, 0.15) is 28.9 Å². The van der Waals surface area contributed by atoms with E-state index >= 15 is 0 Å². The summed E-state index contributed by atoms with van der Waals surface area (Å²) in [5.74, 6) is -0.137. The lowest BCUT2D eigenvalue weighted by atomic mass is 9.96. The quantitative estimate of drug-likeness (QED) is 0.868. The molecule has 0 aromatic carbocycles. The zero-order chi connectivity index (χ0) is 14.7. The van der Waals surface area contributed by atoms with Crippen molar-refractivity contribution in [1.82, 2.24) is 19.6 Å². The Morgan fingerprint density at radius 3 is 2.65 bits per heavy atom. The zero-order valence-electron chi connectivity index (χ0n) is 12.5. The van der Waals surface area contributed by atoms with Crippen molar-refractivity contribution in [3.63, 3.8) is 0 Å². The molecule has 1 fully saturated rings. The van der Waals surface area contributed by atoms with Crippen LogP contribution in [0.2, 0.25) is 0 Å². The Hall–Kier alpha value is -1.40. The minimum absolute atomic E-state index is 0.322. The van der Waals surface area contributed by atoms with Gasteiger partial charge in [-0.2, -0.15) is 5.10 Å². The lowest BCUT2D eigenvalue weighted by Gasteiger charge is -2.33. The maximum atomic E-state index is 11.2. The molecule has 1 aliphatic heterocycles. The molecule has 112 valence electrons. The van der Waals surface area contributed by atoms with E-state index in [0.717, 1.165) is 31.2 Å². The number of hydrogen-bond donors (Lipinski definition) is 1. The Labute approximate surface area is 120 Å². The maximum absolute atomic E-state index is 11.2. The van der Waals surface area contributed by atoms with Crippen molar-refractivity contribution >= 4 is 5.97 Å². The van der Waals surface area contributed by atoms with E-state index in [1.165, 1.54) is 19.0 Å². The highest BCUT2D eigenvalue weighted by molar-refractivity contribution is 5.88. The number of carboxylic acid groups (broad SMARTS) is 1. The number of carbonyl (C=O) groups is 1. The first-order valence-corrected chi connectivity index (χ1v) is 7.08. The van der Waals surface area contributed by atoms with Gasteiger partial charge in [0, 0.05) is 20.1 Å². The normalized spacial score (nSPS) is 17.8. The first-order valence-electron chi connectivity index (χ1n) is 7.08. The molecule has 20 heavy (non-hydrogen) atoms. The number of nitrogens with zero attached hydrogens (tertiary/aromatic N) is 4. The van der Waals surface area contributed by atoms with Gasteiger partial charge in [-0.3, -0.25) is 9.58 Å². The standard InChI is InChI=1S/C14H24N4O2/c1-16(2)9-11-4-6-18(7-5-11)10-13-12(14(19)20)8-15-17(13)3/h8,11H,4-7,9-10H2,1-3H3,(H,19,20). The summed E-state index contributed by atoms with van der Waals surface area (Å²) in [7, 11) is 6.03. The summed E-state index contributed by atoms with van der Waals surface area (Å²) in [4.78, 5) is 15.7. The van der Waals surface area contributed by atoms with Gasteiger partial charge in [0.05, 0.1) is 11.9 Å². The van der Waals surface area contributed by atoms with Gasteiger partial charge in [-0.15, -0.1) is 0 Å². The molecule has 6 heteroatoms. The molecule has 1 aliphatic rings. The fourth-order valence-electron chi connectivity index (χ4n) is 2.88. The van der Waals surface area contributed by atoms with Crippen LogP contribution in [-0.4, -0.2) is 64.4 Å². The van der Waals surface area contributed by atoms with Crippen molar-refractivity contribution in [1.29, 1.82) is 0 Å². The molecular formula is C14H24N4O2. The first kappa shape index (κ1) is 15.0. The van der Waals surface area contributed by atoms with E-state index in [1.807, 2.05) is 0 Å². The van der Waals surface area contributed by atoms with Gasteiger partial charge in [0.25, 0.3) is 0 Å². The van der Waals surface area contributed by atoms with E-state index in [1.54, 1.807) is 11.7 Å². The average molecular weight is 280 g/mol. The minimum Gasteiger partial charge on any atom is -0.478 e. The van der Waals surface area contributed by atoms with Gasteiger partial charge in [0.1, 0.15) is 5.56 Å². The van der Waals surface area contributed by atoms with Gasteiger partial charge in [0.2, 0.25) is 0 Å². The number of aromatic carboxylic acids is 1. The highest BCUT2D eigenvalue weighted by atomic mass is 16.4. The number of piperidine rings is 1. The van der Waals surface area contributed by atoms with Crippen molar-refractivity contribution in [2.45, 2.75) is 19.4 Å². The van der Waals surface area contributed by atoms with Gasteiger partial charge in [-0.1, -0.05) is 0 Å². The molecule has 1 N–H and O–H groups in total. The molecule has 0 amide bonds. The van der Waals surface area contributed by atoms with Crippen LogP contribution in [0.15, 0.2) is 6.20 Å². The van der Waals surface area contributed by atoms with Crippen molar-refractivity contribution < 1.29 is 9.90 Å². The zero-order valence-corrected chi connectivity index (χ0v) is 12.5. The van der Waals surface area contributed by atoms with E-state index in [0.29, 0.717) is 12.1 Å². The van der Waals surface area contributed by atoms with E-state index in [-0.39, 0.29) is 0 Å². The third-order valence-corrected chi connectivity index (χ3v) is 4.00. The summed E-state index contributed by atoms with van der Waals surface area (Å²) in [6.07, 6.45) is 3.80. The van der Waals surface area contributed by atoms with Crippen LogP contribution in [0.3, 0.4) is 0 Å². The molecule has 0 atom stereocenters. The largest absolute Gasteiger partial charge is 0.478 e. The number of likely N-dealkylation sites (tertiary alicyclic amines) is 1. The van der Waals surface area contributed by atoms with Crippen molar-refractivity contribution in [2.75, 3.05) is 33.7 Å². The SMILES string of the molecule is CN(C)CC1CCN(Cc2c(C(=O)O)cnn2C)CC1. The lowest BCUT2D eigenvalue weighted by molar-refractivity contribution is 0.0693. The summed E-state index contributed by atoms with van der Waals surface area (Å²) in [5.41, 5.74) is 1.12. The van der Waals surface area contributed by atoms with Crippen LogP contribution in [-0.2, 0) is 13.6 Å². The molecule has 6 nitrogen and oxygen atoms in total. The van der Waals surface area contributed by atoms with Crippen LogP contribution in [0.25, 0.3) is 0 Å². The van der Waals surface area contributed by atoms with Crippen molar-refractivity contribution in [2.24, 2.45) is 13.0 Å². The topological polar surface area (TPSA) is 61.6 Å². The molecule has 2 rings (SSSR count). The number of carboxylic acids is 1. The highest BCUT2D eigenvalue weighted by Gasteiger charge is 2.23. The molecule has 0 spiro atoms. The summed E-state index contributed by atoms with van der Waals surface area (Å²) in [5, 5.41) is 13.2. The van der Waals surface area contributed by atoms with Crippen molar-refractivity contribution in [3.05, 3.63) is 17.5 Å². The number of rotatable bonds is 5. The monoisotopic (exact) mass is 280 g/mol. The summed E-state index contributed by atoms with van der Waals surface area (Å²) in [6.45, 7) is 3.87. The Bertz CT molecular complexity index is 462. The van der Waals surface area contributed by atoms with E-state index in [2.05, 4.69) is 29.0 Å². The molecule has 1 aromatic rings. The van der Waals surface area contributed by atoms with Gasteiger partial charge >= 0.3 is 5.97 Å². The van der Waals surface area contributed by atoms with Gasteiger partial charge in [-0.25, -0.2) is 4.79 Å². The number of hydrogen-bond acceptors (Lipinski definition) is 4. The van der Waals surface area contributed by atoms with Gasteiger partial charge in [0.15, 0.2) is 0 Å². The summed E-state index contributed by atoms with van der Waals surface area (Å²) < 4.78 is 1.68. The average Bonchev–Trinajstić information content (AvgIpc) is 2.73. The third kappa shape index (κ3) is 3.58. The van der Waals surface area contributed by atoms with Crippen LogP contribution < -0.4 is 0 Å². The Morgan fingerprint density at radius 2 is 2.10 bits per heavy atom. The molecule has 2 heterocycles. The molecule has 0 aliphatic carbocycles. The fraction of sp³-hybridized carbons (Fsp3) is 0.714. The van der Waals surface area contributed by atoms with Gasteiger partial charge in [-0.05, 0) is 45.9 Å². The Morgan fingerprint density at radius 1 is 1.45 bits per heavy atom. The predicted octanol–water partition coefficient (Wildman–Crippen LogP) is 0.892. The fourth-order valence-corrected chi connectivity index (χ4v) is 2.88. The summed E-state index contributed by atoms with van der Waals surface area (Å²) >= 11 is 0. The molecule has 1 aromatic heterocycles. The van der Waals surface area contributed by atoms with E-state index in [4.69, 9.17) is 0 Å².